The van der Waals surface area contributed by atoms with Gasteiger partial charge in [-0.15, -0.1) is 0 Å². The minimum Gasteiger partial charge on any atom is -0.365 e. The summed E-state index contributed by atoms with van der Waals surface area (Å²) in [6.45, 7) is 6.00. The predicted octanol–water partition coefficient (Wildman–Crippen LogP) is 3.51. The van der Waals surface area contributed by atoms with E-state index in [0.29, 0.717) is 10.4 Å². The normalized spacial score (nSPS) is 21.9. The van der Waals surface area contributed by atoms with Crippen molar-refractivity contribution in [1.82, 2.24) is 0 Å². The summed E-state index contributed by atoms with van der Waals surface area (Å²) >= 11 is 0. The van der Waals surface area contributed by atoms with Gasteiger partial charge >= 0.3 is 0 Å². The molecule has 1 heterocycles. The van der Waals surface area contributed by atoms with Crippen molar-refractivity contribution in [3.8, 4) is 0 Å². The van der Waals surface area contributed by atoms with Gasteiger partial charge in [-0.25, -0.2) is 0 Å². The monoisotopic (exact) mass is 394 g/mol. The maximum atomic E-state index is 13.0. The van der Waals surface area contributed by atoms with Gasteiger partial charge in [0.1, 0.15) is 0 Å². The van der Waals surface area contributed by atoms with E-state index in [4.69, 9.17) is 5.73 Å². The molecule has 1 fully saturated rings. The van der Waals surface area contributed by atoms with Gasteiger partial charge in [0.2, 0.25) is 0 Å². The summed E-state index contributed by atoms with van der Waals surface area (Å²) in [4.78, 5) is 25.0. The minimum absolute atomic E-state index is 0.0580. The number of nitrogens with zero attached hydrogens (tertiary/aromatic N) is 1. The van der Waals surface area contributed by atoms with E-state index in [1.54, 1.807) is 0 Å². The molecule has 29 heavy (non-hydrogen) atoms. The SMILES string of the molecule is Cc1cccc(C)c1NC(=O)C[N+]1(CC(N)=O)CCCCC(c2ccccc2)C1. The molecule has 1 saturated heterocycles. The lowest BCUT2D eigenvalue weighted by Gasteiger charge is -2.38. The molecule has 0 radical (unpaired) electrons. The molecule has 5 heteroatoms. The van der Waals surface area contributed by atoms with Crippen LogP contribution < -0.4 is 11.1 Å². The third kappa shape index (κ3) is 5.45. The van der Waals surface area contributed by atoms with Crippen LogP contribution in [0.25, 0.3) is 0 Å². The molecule has 3 rings (SSSR count). The van der Waals surface area contributed by atoms with Crippen LogP contribution in [-0.4, -0.2) is 42.5 Å². The van der Waals surface area contributed by atoms with Gasteiger partial charge in [0.05, 0.1) is 13.1 Å². The van der Waals surface area contributed by atoms with Crippen molar-refractivity contribution in [3.05, 3.63) is 65.2 Å². The molecule has 0 spiro atoms. The third-order valence-electron chi connectivity index (χ3n) is 6.03. The van der Waals surface area contributed by atoms with Crippen molar-refractivity contribution in [2.24, 2.45) is 5.73 Å². The van der Waals surface area contributed by atoms with Crippen LogP contribution in [0.15, 0.2) is 48.5 Å². The predicted molar refractivity (Wildman–Crippen MR) is 117 cm³/mol. The Morgan fingerprint density at radius 1 is 1.00 bits per heavy atom. The molecule has 0 saturated carbocycles. The van der Waals surface area contributed by atoms with Crippen LogP contribution in [0.2, 0.25) is 0 Å². The van der Waals surface area contributed by atoms with Crippen molar-refractivity contribution < 1.29 is 14.1 Å². The number of nitrogens with one attached hydrogen (secondary N) is 1. The van der Waals surface area contributed by atoms with Gasteiger partial charge in [-0.3, -0.25) is 9.59 Å². The van der Waals surface area contributed by atoms with Crippen molar-refractivity contribution in [2.45, 2.75) is 39.0 Å². The molecule has 1 aliphatic rings. The first-order valence-electron chi connectivity index (χ1n) is 10.4. The van der Waals surface area contributed by atoms with Crippen molar-refractivity contribution in [3.63, 3.8) is 0 Å². The van der Waals surface area contributed by atoms with Crippen LogP contribution in [0.5, 0.6) is 0 Å². The number of primary amides is 1. The molecule has 3 N–H and O–H groups in total. The van der Waals surface area contributed by atoms with Crippen LogP contribution in [0.1, 0.15) is 41.9 Å². The summed E-state index contributed by atoms with van der Waals surface area (Å²) < 4.78 is 0.422. The average molecular weight is 395 g/mol. The van der Waals surface area contributed by atoms with E-state index in [-0.39, 0.29) is 24.9 Å². The molecular weight excluding hydrogens is 362 g/mol. The zero-order chi connectivity index (χ0) is 20.9. The molecule has 2 aromatic carbocycles. The standard InChI is InChI=1S/C24H31N3O2/c1-18-9-8-10-19(2)24(18)26-23(29)17-27(16-22(25)28)14-7-6-13-21(15-27)20-11-4-3-5-12-20/h3-5,8-12,21H,6-7,13-17H2,1-2H3,(H2-,25,26,28,29)/p+1. The Hall–Kier alpha value is -2.66. The average Bonchev–Trinajstić information content (AvgIpc) is 2.87. The van der Waals surface area contributed by atoms with Gasteiger partial charge in [-0.1, -0.05) is 48.5 Å². The Balaban J connectivity index is 1.83. The van der Waals surface area contributed by atoms with Gasteiger partial charge < -0.3 is 15.5 Å². The number of quaternary nitrogens is 1. The first-order chi connectivity index (χ1) is 13.9. The second-order valence-electron chi connectivity index (χ2n) is 8.45. The number of carbonyl (C=O) groups is 2. The number of nitrogens with two attached hydrogens (primary N) is 1. The second kappa shape index (κ2) is 9.23. The summed E-state index contributed by atoms with van der Waals surface area (Å²) in [5, 5.41) is 3.09. The fourth-order valence-electron chi connectivity index (χ4n) is 4.65. The number of benzene rings is 2. The Kier molecular flexibility index (Phi) is 6.70. The summed E-state index contributed by atoms with van der Waals surface area (Å²) in [5.41, 5.74) is 9.85. The van der Waals surface area contributed by atoms with Crippen LogP contribution >= 0.6 is 0 Å². The Morgan fingerprint density at radius 3 is 2.34 bits per heavy atom. The lowest BCUT2D eigenvalue weighted by atomic mass is 9.94. The molecule has 2 unspecified atom stereocenters. The van der Waals surface area contributed by atoms with E-state index in [1.807, 2.05) is 38.1 Å². The van der Waals surface area contributed by atoms with Gasteiger partial charge in [0.25, 0.3) is 11.8 Å². The molecule has 2 atom stereocenters. The Morgan fingerprint density at radius 2 is 1.69 bits per heavy atom. The third-order valence-corrected chi connectivity index (χ3v) is 6.03. The zero-order valence-electron chi connectivity index (χ0n) is 17.5. The van der Waals surface area contributed by atoms with E-state index in [0.717, 1.165) is 49.2 Å². The largest absolute Gasteiger partial charge is 0.365 e. The molecular formula is C24H32N3O2+. The number of hydrogen-bond donors (Lipinski definition) is 2. The number of carbonyl (C=O) groups excluding carboxylic acids is 2. The molecule has 1 aliphatic heterocycles. The summed E-state index contributed by atoms with van der Waals surface area (Å²) in [6.07, 6.45) is 3.16. The van der Waals surface area contributed by atoms with Crippen LogP contribution in [0.3, 0.4) is 0 Å². The van der Waals surface area contributed by atoms with Gasteiger partial charge in [0.15, 0.2) is 13.1 Å². The number of anilines is 1. The fraction of sp³-hybridized carbons (Fsp3) is 0.417. The topological polar surface area (TPSA) is 72.2 Å². The lowest BCUT2D eigenvalue weighted by Crippen LogP contribution is -2.57. The summed E-state index contributed by atoms with van der Waals surface area (Å²) in [6, 6.07) is 16.4. The van der Waals surface area contributed by atoms with Crippen LogP contribution in [0, 0.1) is 13.8 Å². The maximum absolute atomic E-state index is 13.0. The fourth-order valence-corrected chi connectivity index (χ4v) is 4.65. The van der Waals surface area contributed by atoms with Crippen molar-refractivity contribution in [1.29, 1.82) is 0 Å². The van der Waals surface area contributed by atoms with Gasteiger partial charge in [0, 0.05) is 11.6 Å². The highest BCUT2D eigenvalue weighted by atomic mass is 16.2. The lowest BCUT2D eigenvalue weighted by molar-refractivity contribution is -0.913. The highest BCUT2D eigenvalue weighted by Gasteiger charge is 2.37. The molecule has 2 amide bonds. The van der Waals surface area contributed by atoms with E-state index >= 15 is 0 Å². The molecule has 0 bridgehead atoms. The first-order valence-corrected chi connectivity index (χ1v) is 10.4. The number of aryl methyl sites for hydroxylation is 2. The van der Waals surface area contributed by atoms with Crippen LogP contribution in [-0.2, 0) is 9.59 Å². The number of para-hydroxylation sites is 1. The second-order valence-corrected chi connectivity index (χ2v) is 8.45. The number of likely N-dealkylation sites (tertiary alicyclic amines) is 1. The van der Waals surface area contributed by atoms with E-state index in [2.05, 4.69) is 29.6 Å². The van der Waals surface area contributed by atoms with Crippen molar-refractivity contribution >= 4 is 17.5 Å². The first kappa shape index (κ1) is 21.1. The van der Waals surface area contributed by atoms with Crippen molar-refractivity contribution in [2.75, 3.05) is 31.5 Å². The minimum atomic E-state index is -0.349. The maximum Gasteiger partial charge on any atom is 0.279 e. The summed E-state index contributed by atoms with van der Waals surface area (Å²) in [7, 11) is 0. The number of hydrogen-bond acceptors (Lipinski definition) is 2. The molecule has 154 valence electrons. The molecule has 0 aliphatic carbocycles. The van der Waals surface area contributed by atoms with E-state index in [9.17, 15) is 9.59 Å². The van der Waals surface area contributed by atoms with E-state index in [1.165, 1.54) is 5.56 Å². The number of rotatable bonds is 6. The Bertz CT molecular complexity index is 845. The van der Waals surface area contributed by atoms with Crippen LogP contribution in [0.4, 0.5) is 5.69 Å². The summed E-state index contributed by atoms with van der Waals surface area (Å²) in [5.74, 6) is -0.0815. The highest BCUT2D eigenvalue weighted by molar-refractivity contribution is 5.93. The Labute approximate surface area is 173 Å². The van der Waals surface area contributed by atoms with Gasteiger partial charge in [-0.05, 0) is 49.8 Å². The molecule has 5 nitrogen and oxygen atoms in total. The quantitative estimate of drug-likeness (QED) is 0.736. The zero-order valence-corrected chi connectivity index (χ0v) is 17.5. The van der Waals surface area contributed by atoms with E-state index < -0.39 is 0 Å². The molecule has 2 aromatic rings. The number of amides is 2. The molecule has 0 aromatic heterocycles. The highest BCUT2D eigenvalue weighted by Crippen LogP contribution is 2.30. The van der Waals surface area contributed by atoms with Gasteiger partial charge in [-0.2, -0.15) is 0 Å². The smallest absolute Gasteiger partial charge is 0.279 e.